The fraction of sp³-hybridized carbons (Fsp3) is 0.368. The lowest BCUT2D eigenvalue weighted by molar-refractivity contribution is 0.195. The van der Waals surface area contributed by atoms with E-state index in [1.165, 1.54) is 123 Å². The number of hydrogen-bond acceptors (Lipinski definition) is 3. The highest BCUT2D eigenvalue weighted by atomic mass is 15.3. The lowest BCUT2D eigenvalue weighted by Gasteiger charge is -2.54. The molecule has 4 heteroatoms. The summed E-state index contributed by atoms with van der Waals surface area (Å²) in [4.78, 5) is 8.41. The molecule has 0 bridgehead atoms. The van der Waals surface area contributed by atoms with Crippen molar-refractivity contribution in [2.45, 2.75) is 134 Å². The van der Waals surface area contributed by atoms with Crippen molar-refractivity contribution in [1.29, 1.82) is 0 Å². The lowest BCUT2D eigenvalue weighted by Crippen LogP contribution is -2.64. The van der Waals surface area contributed by atoms with Gasteiger partial charge in [-0.05, 0) is 134 Å². The summed E-state index contributed by atoms with van der Waals surface area (Å²) in [6.07, 6.45) is 9.70. The van der Waals surface area contributed by atoms with Crippen molar-refractivity contribution < 1.29 is 0 Å². The Morgan fingerprint density at radius 2 is 1.21 bits per heavy atom. The summed E-state index contributed by atoms with van der Waals surface area (Å²) in [5, 5.41) is 0. The summed E-state index contributed by atoms with van der Waals surface area (Å²) in [5.74, 6) is 0. The van der Waals surface area contributed by atoms with Crippen LogP contribution in [0.25, 0.3) is 0 Å². The maximum atomic E-state index is 2.91. The fourth-order valence-corrected chi connectivity index (χ4v) is 14.1. The number of hydrogen-bond donors (Lipinski definition) is 0. The minimum atomic E-state index is -0.184. The van der Waals surface area contributed by atoms with Crippen LogP contribution in [0.15, 0.2) is 121 Å². The molecule has 0 saturated heterocycles. The number of aryl methyl sites for hydroxylation is 2. The predicted octanol–water partition coefficient (Wildman–Crippen LogP) is 12.7. The van der Waals surface area contributed by atoms with Crippen molar-refractivity contribution in [3.63, 3.8) is 0 Å². The van der Waals surface area contributed by atoms with Crippen LogP contribution in [-0.2, 0) is 16.2 Å². The summed E-state index contributed by atoms with van der Waals surface area (Å²) in [5.41, 5.74) is 22.1. The predicted molar refractivity (Wildman–Crippen MR) is 259 cm³/mol. The molecule has 2 fully saturated rings. The highest BCUT2D eigenvalue weighted by molar-refractivity contribution is 7.00. The van der Waals surface area contributed by atoms with Crippen molar-refractivity contribution in [2.24, 2.45) is 0 Å². The number of nitrogens with zero attached hydrogens (tertiary/aromatic N) is 3. The topological polar surface area (TPSA) is 9.72 Å². The van der Waals surface area contributed by atoms with E-state index in [9.17, 15) is 0 Å². The average Bonchev–Trinajstić information content (AvgIpc) is 3.62. The number of para-hydroxylation sites is 1. The molecular weight excluding hydrogens is 737 g/mol. The van der Waals surface area contributed by atoms with E-state index in [2.05, 4.69) is 191 Å². The summed E-state index contributed by atoms with van der Waals surface area (Å²) < 4.78 is 0. The van der Waals surface area contributed by atoms with Gasteiger partial charge in [-0.25, -0.2) is 0 Å². The molecule has 61 heavy (non-hydrogen) atoms. The van der Waals surface area contributed by atoms with Gasteiger partial charge in [0.1, 0.15) is 0 Å². The molecule has 4 atom stereocenters. The van der Waals surface area contributed by atoms with Crippen molar-refractivity contribution >= 4 is 62.9 Å². The number of anilines is 7. The van der Waals surface area contributed by atoms with Crippen molar-refractivity contribution in [3.05, 3.63) is 155 Å². The summed E-state index contributed by atoms with van der Waals surface area (Å²) in [7, 11) is 0. The van der Waals surface area contributed by atoms with Crippen LogP contribution in [-0.4, -0.2) is 17.8 Å². The van der Waals surface area contributed by atoms with Gasteiger partial charge < -0.3 is 14.7 Å². The Labute approximate surface area is 364 Å². The molecule has 4 unspecified atom stereocenters. The lowest BCUT2D eigenvalue weighted by atomic mass is 9.33. The number of benzene rings is 6. The quantitative estimate of drug-likeness (QED) is 0.165. The Kier molecular flexibility index (Phi) is 7.67. The highest BCUT2D eigenvalue weighted by Gasteiger charge is 2.64. The second kappa shape index (κ2) is 12.5. The number of fused-ring (bicyclic) bond motifs is 10. The van der Waals surface area contributed by atoms with E-state index in [0.29, 0.717) is 0 Å². The third-order valence-electron chi connectivity index (χ3n) is 17.4. The van der Waals surface area contributed by atoms with Gasteiger partial charge in [-0.15, -0.1) is 0 Å². The molecule has 6 aromatic rings. The van der Waals surface area contributed by atoms with Crippen molar-refractivity contribution in [3.8, 4) is 0 Å². The molecule has 2 saturated carbocycles. The molecule has 306 valence electrons. The molecule has 0 N–H and O–H groups in total. The van der Waals surface area contributed by atoms with Gasteiger partial charge in [-0.1, -0.05) is 149 Å². The van der Waals surface area contributed by atoms with E-state index in [1.54, 1.807) is 5.56 Å². The van der Waals surface area contributed by atoms with Crippen LogP contribution in [0, 0.1) is 13.8 Å². The molecule has 6 aliphatic rings. The third kappa shape index (κ3) is 4.67. The molecule has 12 rings (SSSR count). The first-order chi connectivity index (χ1) is 29.3. The van der Waals surface area contributed by atoms with Crippen molar-refractivity contribution in [1.82, 2.24) is 0 Å². The summed E-state index contributed by atoms with van der Waals surface area (Å²) in [6, 6.07) is 48.4. The molecule has 0 aromatic heterocycles. The monoisotopic (exact) mass is 797 g/mol. The molecule has 3 nitrogen and oxygen atoms in total. The first-order valence-corrected chi connectivity index (χ1v) is 23.4. The molecule has 4 heterocycles. The second-order valence-electron chi connectivity index (χ2n) is 21.5. The van der Waals surface area contributed by atoms with Crippen LogP contribution in [0.5, 0.6) is 0 Å². The average molecular weight is 798 g/mol. The number of rotatable bonds is 3. The van der Waals surface area contributed by atoms with Crippen LogP contribution in [0.3, 0.4) is 0 Å². The molecule has 0 amide bonds. The van der Waals surface area contributed by atoms with E-state index >= 15 is 0 Å². The van der Waals surface area contributed by atoms with Gasteiger partial charge in [0, 0.05) is 50.6 Å². The summed E-state index contributed by atoms with van der Waals surface area (Å²) >= 11 is 0. The Morgan fingerprint density at radius 1 is 0.525 bits per heavy atom. The molecular formula is C57H60BN3. The SMILES string of the molecule is Cc1ccc(N2c3ccc(C)cc3B3c4cccc5c4N(c4cc(N6c7ccc(C(C)(C)C)cc7C7(c8ccccc8)CCCCC67C)cc2c43)C2(C)CCCCC52C)cc1. The minimum Gasteiger partial charge on any atom is -0.335 e. The van der Waals surface area contributed by atoms with Crippen LogP contribution < -0.4 is 31.1 Å². The molecule has 0 spiro atoms. The smallest absolute Gasteiger partial charge is 0.252 e. The zero-order valence-electron chi connectivity index (χ0n) is 37.6. The highest BCUT2D eigenvalue weighted by Crippen LogP contribution is 2.66. The van der Waals surface area contributed by atoms with Crippen LogP contribution in [0.2, 0.25) is 0 Å². The standard InChI is InChI=1S/C57H60BN3/c1-37-21-25-41(26-22-37)59-48-27-23-38(2)33-46(48)58-45-20-16-19-43-52(45)61(55(7)30-13-12-29-54(43,55)6)50-36-42(35-49(59)51(50)58)60-47-28-24-40(53(3,4)5)34-44(47)57(39-17-10-9-11-18-39)32-15-14-31-56(57,60)8/h9-11,16-28,33-36H,12-15,29-32H2,1-8H3. The normalized spacial score (nSPS) is 26.6. The van der Waals surface area contributed by atoms with E-state index in [4.69, 9.17) is 0 Å². The first kappa shape index (κ1) is 37.5. The molecule has 2 aliphatic carbocycles. The van der Waals surface area contributed by atoms with Crippen LogP contribution in [0.4, 0.5) is 39.8 Å². The van der Waals surface area contributed by atoms with E-state index < -0.39 is 0 Å². The Morgan fingerprint density at radius 3 is 1.98 bits per heavy atom. The van der Waals surface area contributed by atoms with E-state index in [0.717, 1.165) is 12.8 Å². The molecule has 0 radical (unpaired) electrons. The molecule has 6 aromatic carbocycles. The van der Waals surface area contributed by atoms with Gasteiger partial charge in [0.25, 0.3) is 6.71 Å². The van der Waals surface area contributed by atoms with Gasteiger partial charge in [0.05, 0.1) is 11.1 Å². The molecule has 4 aliphatic heterocycles. The minimum absolute atomic E-state index is 0.0413. The Hall–Kier alpha value is -5.22. The Balaban J connectivity index is 1.20. The van der Waals surface area contributed by atoms with E-state index in [1.807, 2.05) is 0 Å². The van der Waals surface area contributed by atoms with Crippen LogP contribution >= 0.6 is 0 Å². The maximum Gasteiger partial charge on any atom is 0.252 e. The van der Waals surface area contributed by atoms with Gasteiger partial charge in [-0.2, -0.15) is 0 Å². The zero-order valence-corrected chi connectivity index (χ0v) is 37.6. The van der Waals surface area contributed by atoms with Gasteiger partial charge in [0.2, 0.25) is 0 Å². The van der Waals surface area contributed by atoms with E-state index in [-0.39, 0.29) is 34.0 Å². The maximum absolute atomic E-state index is 2.91. The van der Waals surface area contributed by atoms with Gasteiger partial charge in [0.15, 0.2) is 0 Å². The van der Waals surface area contributed by atoms with Gasteiger partial charge in [-0.3, -0.25) is 0 Å². The fourth-order valence-electron chi connectivity index (χ4n) is 14.1. The van der Waals surface area contributed by atoms with Crippen LogP contribution in [0.1, 0.15) is 126 Å². The second-order valence-corrected chi connectivity index (χ2v) is 21.5. The zero-order chi connectivity index (χ0) is 41.8. The van der Waals surface area contributed by atoms with Crippen molar-refractivity contribution in [2.75, 3.05) is 14.7 Å². The Bertz CT molecular complexity index is 2800. The first-order valence-electron chi connectivity index (χ1n) is 23.4. The largest absolute Gasteiger partial charge is 0.335 e. The summed E-state index contributed by atoms with van der Waals surface area (Å²) in [6.45, 7) is 19.6. The van der Waals surface area contributed by atoms with Gasteiger partial charge >= 0.3 is 0 Å². The third-order valence-corrected chi connectivity index (χ3v) is 17.4.